The van der Waals surface area contributed by atoms with Gasteiger partial charge in [0.05, 0.1) is 6.61 Å². The first-order valence-electron chi connectivity index (χ1n) is 5.85. The van der Waals surface area contributed by atoms with Gasteiger partial charge in [-0.1, -0.05) is 30.3 Å². The normalized spacial score (nSPS) is 26.9. The summed E-state index contributed by atoms with van der Waals surface area (Å²) in [6.07, 6.45) is 1.08. The molecule has 3 nitrogen and oxygen atoms in total. The molecule has 1 aliphatic heterocycles. The van der Waals surface area contributed by atoms with E-state index in [9.17, 15) is 0 Å². The van der Waals surface area contributed by atoms with Crippen molar-refractivity contribution in [2.75, 3.05) is 26.2 Å². The minimum atomic E-state index is -0.477. The van der Waals surface area contributed by atoms with E-state index >= 15 is 0 Å². The molecule has 1 aromatic carbocycles. The monoisotopic (exact) mass is 220 g/mol. The highest BCUT2D eigenvalue weighted by Crippen LogP contribution is 2.12. The van der Waals surface area contributed by atoms with Gasteiger partial charge in [0.1, 0.15) is 5.72 Å². The van der Waals surface area contributed by atoms with Crippen LogP contribution in [0.15, 0.2) is 30.3 Å². The maximum Gasteiger partial charge on any atom is 0.126 e. The van der Waals surface area contributed by atoms with Gasteiger partial charge in [-0.05, 0) is 18.9 Å². The highest BCUT2D eigenvalue weighted by atomic mass is 16.5. The van der Waals surface area contributed by atoms with Crippen molar-refractivity contribution in [2.24, 2.45) is 5.73 Å². The van der Waals surface area contributed by atoms with Gasteiger partial charge in [0.15, 0.2) is 0 Å². The van der Waals surface area contributed by atoms with Crippen LogP contribution in [-0.2, 0) is 11.2 Å². The Morgan fingerprint density at radius 2 is 2.12 bits per heavy atom. The molecule has 0 radical (unpaired) electrons. The highest BCUT2D eigenvalue weighted by molar-refractivity contribution is 5.14. The zero-order valence-electron chi connectivity index (χ0n) is 9.86. The van der Waals surface area contributed by atoms with Crippen LogP contribution in [0.25, 0.3) is 0 Å². The lowest BCUT2D eigenvalue weighted by molar-refractivity contribution is -0.0933. The number of hydrogen-bond acceptors (Lipinski definition) is 3. The Morgan fingerprint density at radius 3 is 2.81 bits per heavy atom. The molecular formula is C13H20N2O. The summed E-state index contributed by atoms with van der Waals surface area (Å²) in [5.74, 6) is 0. The van der Waals surface area contributed by atoms with Gasteiger partial charge in [0.25, 0.3) is 0 Å². The molecule has 0 spiro atoms. The van der Waals surface area contributed by atoms with Crippen LogP contribution in [0.4, 0.5) is 0 Å². The number of nitrogens with zero attached hydrogens (tertiary/aromatic N) is 1. The lowest BCUT2D eigenvalue weighted by atomic mass is 10.1. The largest absolute Gasteiger partial charge is 0.358 e. The first kappa shape index (κ1) is 11.6. The number of morpholine rings is 1. The molecule has 0 bridgehead atoms. The lowest BCUT2D eigenvalue weighted by Crippen LogP contribution is -2.55. The fourth-order valence-corrected chi connectivity index (χ4v) is 2.10. The number of nitrogens with two attached hydrogens (primary N) is 1. The molecule has 0 saturated carbocycles. The molecule has 0 amide bonds. The standard InChI is InChI=1S/C13H20N2O/c1-13(14)11-15(9-10-16-13)8-7-12-5-3-2-4-6-12/h2-6H,7-11,14H2,1H3. The summed E-state index contributed by atoms with van der Waals surface area (Å²) < 4.78 is 5.48. The van der Waals surface area contributed by atoms with Gasteiger partial charge in [0.2, 0.25) is 0 Å². The summed E-state index contributed by atoms with van der Waals surface area (Å²) in [5.41, 5.74) is 6.88. The molecule has 1 unspecified atom stereocenters. The van der Waals surface area contributed by atoms with E-state index in [0.717, 1.165) is 32.7 Å². The Hall–Kier alpha value is -0.900. The first-order chi connectivity index (χ1) is 7.66. The van der Waals surface area contributed by atoms with Crippen molar-refractivity contribution in [3.8, 4) is 0 Å². The summed E-state index contributed by atoms with van der Waals surface area (Å²) in [6, 6.07) is 10.6. The van der Waals surface area contributed by atoms with Gasteiger partial charge in [-0.15, -0.1) is 0 Å². The Kier molecular flexibility index (Phi) is 3.59. The molecule has 1 aliphatic rings. The topological polar surface area (TPSA) is 38.5 Å². The van der Waals surface area contributed by atoms with Crippen LogP contribution in [0.3, 0.4) is 0 Å². The van der Waals surface area contributed by atoms with E-state index in [0.29, 0.717) is 0 Å². The van der Waals surface area contributed by atoms with Gasteiger partial charge in [-0.2, -0.15) is 0 Å². The molecule has 0 aromatic heterocycles. The van der Waals surface area contributed by atoms with E-state index in [1.54, 1.807) is 0 Å². The highest BCUT2D eigenvalue weighted by Gasteiger charge is 2.27. The smallest absolute Gasteiger partial charge is 0.126 e. The van der Waals surface area contributed by atoms with E-state index in [4.69, 9.17) is 10.5 Å². The average molecular weight is 220 g/mol. The zero-order chi connectivity index (χ0) is 11.4. The first-order valence-corrected chi connectivity index (χ1v) is 5.85. The predicted molar refractivity (Wildman–Crippen MR) is 65.1 cm³/mol. The quantitative estimate of drug-likeness (QED) is 0.833. The third-order valence-electron chi connectivity index (χ3n) is 2.94. The number of rotatable bonds is 3. The van der Waals surface area contributed by atoms with Crippen molar-refractivity contribution >= 4 is 0 Å². The minimum absolute atomic E-state index is 0.477. The third-order valence-corrected chi connectivity index (χ3v) is 2.94. The van der Waals surface area contributed by atoms with Crippen LogP contribution in [0.2, 0.25) is 0 Å². The number of ether oxygens (including phenoxy) is 1. The van der Waals surface area contributed by atoms with E-state index in [-0.39, 0.29) is 0 Å². The van der Waals surface area contributed by atoms with Gasteiger partial charge < -0.3 is 10.5 Å². The summed E-state index contributed by atoms with van der Waals surface area (Å²) in [6.45, 7) is 5.54. The van der Waals surface area contributed by atoms with Gasteiger partial charge in [0, 0.05) is 19.6 Å². The lowest BCUT2D eigenvalue weighted by Gasteiger charge is -2.37. The maximum absolute atomic E-state index is 5.97. The van der Waals surface area contributed by atoms with E-state index < -0.39 is 5.72 Å². The average Bonchev–Trinajstić information content (AvgIpc) is 2.27. The van der Waals surface area contributed by atoms with Crippen LogP contribution in [0.1, 0.15) is 12.5 Å². The predicted octanol–water partition coefficient (Wildman–Crippen LogP) is 1.24. The van der Waals surface area contributed by atoms with Crippen molar-refractivity contribution in [1.82, 2.24) is 4.90 Å². The van der Waals surface area contributed by atoms with Crippen LogP contribution in [0, 0.1) is 0 Å². The maximum atomic E-state index is 5.97. The molecule has 1 saturated heterocycles. The van der Waals surface area contributed by atoms with Crippen molar-refractivity contribution in [2.45, 2.75) is 19.1 Å². The van der Waals surface area contributed by atoms with Crippen molar-refractivity contribution in [1.29, 1.82) is 0 Å². The van der Waals surface area contributed by atoms with Gasteiger partial charge >= 0.3 is 0 Å². The molecule has 2 N–H and O–H groups in total. The fourth-order valence-electron chi connectivity index (χ4n) is 2.10. The fraction of sp³-hybridized carbons (Fsp3) is 0.538. The van der Waals surface area contributed by atoms with Crippen molar-refractivity contribution in [3.63, 3.8) is 0 Å². The molecule has 2 rings (SSSR count). The third kappa shape index (κ3) is 3.30. The molecule has 1 heterocycles. The number of hydrogen-bond donors (Lipinski definition) is 1. The molecule has 1 aromatic rings. The van der Waals surface area contributed by atoms with E-state index in [2.05, 4.69) is 35.2 Å². The molecule has 1 fully saturated rings. The zero-order valence-corrected chi connectivity index (χ0v) is 9.86. The van der Waals surface area contributed by atoms with Gasteiger partial charge in [-0.25, -0.2) is 0 Å². The Bertz CT molecular complexity index is 324. The van der Waals surface area contributed by atoms with Crippen LogP contribution < -0.4 is 5.73 Å². The second-order valence-electron chi connectivity index (χ2n) is 4.67. The minimum Gasteiger partial charge on any atom is -0.358 e. The summed E-state index contributed by atoms with van der Waals surface area (Å²) in [7, 11) is 0. The van der Waals surface area contributed by atoms with Crippen molar-refractivity contribution < 1.29 is 4.74 Å². The molecule has 88 valence electrons. The van der Waals surface area contributed by atoms with Crippen LogP contribution in [-0.4, -0.2) is 36.9 Å². The van der Waals surface area contributed by atoms with Crippen LogP contribution in [0.5, 0.6) is 0 Å². The van der Waals surface area contributed by atoms with E-state index in [1.807, 2.05) is 6.92 Å². The Labute approximate surface area is 97.2 Å². The molecule has 3 heteroatoms. The Balaban J connectivity index is 1.82. The molecule has 16 heavy (non-hydrogen) atoms. The Morgan fingerprint density at radius 1 is 1.38 bits per heavy atom. The summed E-state index contributed by atoms with van der Waals surface area (Å²) in [4.78, 5) is 2.37. The second-order valence-corrected chi connectivity index (χ2v) is 4.67. The second kappa shape index (κ2) is 4.95. The van der Waals surface area contributed by atoms with E-state index in [1.165, 1.54) is 5.56 Å². The van der Waals surface area contributed by atoms with Crippen LogP contribution >= 0.6 is 0 Å². The summed E-state index contributed by atoms with van der Waals surface area (Å²) in [5, 5.41) is 0. The molecule has 1 atom stereocenters. The van der Waals surface area contributed by atoms with Crippen molar-refractivity contribution in [3.05, 3.63) is 35.9 Å². The summed E-state index contributed by atoms with van der Waals surface area (Å²) >= 11 is 0. The SMILES string of the molecule is CC1(N)CN(CCc2ccccc2)CCO1. The number of benzene rings is 1. The van der Waals surface area contributed by atoms with Gasteiger partial charge in [-0.3, -0.25) is 4.90 Å². The molecule has 0 aliphatic carbocycles. The molecular weight excluding hydrogens is 200 g/mol.